The lowest BCUT2D eigenvalue weighted by Gasteiger charge is -2.04. The number of hydrogen-bond acceptors (Lipinski definition) is 3. The fourth-order valence-electron chi connectivity index (χ4n) is 0.592. The molecule has 4 nitrogen and oxygen atoms in total. The Morgan fingerprint density at radius 2 is 2.50 bits per heavy atom. The number of nitrogens with zero attached hydrogens (tertiary/aromatic N) is 3. The van der Waals surface area contributed by atoms with Gasteiger partial charge in [-0.15, -0.1) is 11.6 Å². The molecule has 56 valence electrons. The number of aliphatic hydroxyl groups excluding tert-OH is 1. The van der Waals surface area contributed by atoms with Crippen molar-refractivity contribution < 1.29 is 5.11 Å². The van der Waals surface area contributed by atoms with E-state index in [1.165, 1.54) is 17.3 Å². The highest BCUT2D eigenvalue weighted by molar-refractivity contribution is 6.18. The van der Waals surface area contributed by atoms with E-state index >= 15 is 0 Å². The standard InChI is InChI=1S/C5H8ClN3O/c6-1-5(10)2-9-4-7-3-8-9/h3-5,10H,1-2H2. The van der Waals surface area contributed by atoms with Gasteiger partial charge in [-0.1, -0.05) is 0 Å². The number of alkyl halides is 1. The molecule has 0 aliphatic carbocycles. The Morgan fingerprint density at radius 1 is 1.70 bits per heavy atom. The van der Waals surface area contributed by atoms with Gasteiger partial charge < -0.3 is 5.11 Å². The van der Waals surface area contributed by atoms with Crippen LogP contribution in [-0.4, -0.2) is 31.9 Å². The summed E-state index contributed by atoms with van der Waals surface area (Å²) in [5.41, 5.74) is 0. The van der Waals surface area contributed by atoms with Gasteiger partial charge in [-0.2, -0.15) is 5.10 Å². The predicted octanol–water partition coefficient (Wildman–Crippen LogP) is -0.122. The largest absolute Gasteiger partial charge is 0.390 e. The molecule has 0 aromatic carbocycles. The van der Waals surface area contributed by atoms with Crippen molar-refractivity contribution in [3.05, 3.63) is 12.7 Å². The van der Waals surface area contributed by atoms with Crippen LogP contribution in [0.2, 0.25) is 0 Å². The van der Waals surface area contributed by atoms with Crippen LogP contribution in [-0.2, 0) is 6.54 Å². The highest BCUT2D eigenvalue weighted by Gasteiger charge is 2.01. The van der Waals surface area contributed by atoms with Crippen molar-refractivity contribution in [2.24, 2.45) is 0 Å². The monoisotopic (exact) mass is 161 g/mol. The molecule has 1 N–H and O–H groups in total. The van der Waals surface area contributed by atoms with Crippen molar-refractivity contribution in [1.29, 1.82) is 0 Å². The number of halogens is 1. The predicted molar refractivity (Wildman–Crippen MR) is 36.7 cm³/mol. The summed E-state index contributed by atoms with van der Waals surface area (Å²) in [6.45, 7) is 0.406. The van der Waals surface area contributed by atoms with Crippen molar-refractivity contribution >= 4 is 11.6 Å². The van der Waals surface area contributed by atoms with Crippen molar-refractivity contribution in [2.45, 2.75) is 12.6 Å². The third-order valence-corrected chi connectivity index (χ3v) is 1.40. The molecule has 0 saturated carbocycles. The maximum absolute atomic E-state index is 9.01. The van der Waals surface area contributed by atoms with E-state index in [4.69, 9.17) is 16.7 Å². The number of hydrogen-bond donors (Lipinski definition) is 1. The van der Waals surface area contributed by atoms with E-state index in [1.54, 1.807) is 0 Å². The van der Waals surface area contributed by atoms with Gasteiger partial charge in [0.15, 0.2) is 0 Å². The van der Waals surface area contributed by atoms with Crippen LogP contribution < -0.4 is 0 Å². The second-order valence-electron chi connectivity index (χ2n) is 1.93. The molecular formula is C5H8ClN3O. The maximum atomic E-state index is 9.01. The molecule has 5 heteroatoms. The molecule has 0 amide bonds. The summed E-state index contributed by atoms with van der Waals surface area (Å²) in [6.07, 6.45) is 2.42. The fourth-order valence-corrected chi connectivity index (χ4v) is 0.689. The zero-order chi connectivity index (χ0) is 7.40. The minimum absolute atomic E-state index is 0.222. The number of aliphatic hydroxyl groups is 1. The lowest BCUT2D eigenvalue weighted by atomic mass is 10.4. The van der Waals surface area contributed by atoms with E-state index in [-0.39, 0.29) is 5.88 Å². The summed E-state index contributed by atoms with van der Waals surface area (Å²) >= 11 is 5.36. The van der Waals surface area contributed by atoms with Crippen LogP contribution in [0.5, 0.6) is 0 Å². The van der Waals surface area contributed by atoms with Crippen LogP contribution in [0.15, 0.2) is 12.7 Å². The van der Waals surface area contributed by atoms with Crippen molar-refractivity contribution in [3.63, 3.8) is 0 Å². The Bertz CT molecular complexity index is 177. The third-order valence-electron chi connectivity index (χ3n) is 1.04. The normalized spacial score (nSPS) is 13.4. The summed E-state index contributed by atoms with van der Waals surface area (Å²) in [4.78, 5) is 3.71. The molecule has 0 bridgehead atoms. The number of aromatic nitrogens is 3. The van der Waals surface area contributed by atoms with Gasteiger partial charge in [-0.25, -0.2) is 4.98 Å². The molecule has 1 aromatic rings. The zero-order valence-corrected chi connectivity index (χ0v) is 6.07. The summed E-state index contributed by atoms with van der Waals surface area (Å²) in [5, 5.41) is 12.8. The van der Waals surface area contributed by atoms with Crippen LogP contribution in [0.1, 0.15) is 0 Å². The molecule has 0 saturated heterocycles. The molecular weight excluding hydrogens is 154 g/mol. The van der Waals surface area contributed by atoms with E-state index < -0.39 is 6.10 Å². The van der Waals surface area contributed by atoms with Gasteiger partial charge in [0.25, 0.3) is 0 Å². The quantitative estimate of drug-likeness (QED) is 0.629. The molecule has 1 unspecified atom stereocenters. The highest BCUT2D eigenvalue weighted by atomic mass is 35.5. The third kappa shape index (κ3) is 1.97. The maximum Gasteiger partial charge on any atom is 0.137 e. The minimum atomic E-state index is -0.539. The summed E-state index contributed by atoms with van der Waals surface area (Å²) in [6, 6.07) is 0. The average molecular weight is 162 g/mol. The van der Waals surface area contributed by atoms with E-state index in [0.29, 0.717) is 6.54 Å². The molecule has 0 spiro atoms. The molecule has 10 heavy (non-hydrogen) atoms. The Balaban J connectivity index is 2.40. The van der Waals surface area contributed by atoms with E-state index in [1.807, 2.05) is 0 Å². The van der Waals surface area contributed by atoms with E-state index in [9.17, 15) is 0 Å². The second kappa shape index (κ2) is 3.53. The first kappa shape index (κ1) is 7.50. The minimum Gasteiger partial charge on any atom is -0.390 e. The van der Waals surface area contributed by atoms with Gasteiger partial charge in [0.1, 0.15) is 12.7 Å². The zero-order valence-electron chi connectivity index (χ0n) is 5.31. The van der Waals surface area contributed by atoms with Gasteiger partial charge in [0, 0.05) is 0 Å². The topological polar surface area (TPSA) is 50.9 Å². The smallest absolute Gasteiger partial charge is 0.137 e. The molecule has 1 heterocycles. The summed E-state index contributed by atoms with van der Waals surface area (Å²) in [5.74, 6) is 0.222. The first-order valence-electron chi connectivity index (χ1n) is 2.89. The highest BCUT2D eigenvalue weighted by Crippen LogP contribution is 1.91. The van der Waals surface area contributed by atoms with Gasteiger partial charge in [-0.3, -0.25) is 4.68 Å². The lowest BCUT2D eigenvalue weighted by Crippen LogP contribution is -2.17. The molecule has 0 aliphatic heterocycles. The Hall–Kier alpha value is -0.610. The van der Waals surface area contributed by atoms with Crippen LogP contribution in [0.3, 0.4) is 0 Å². The van der Waals surface area contributed by atoms with Crippen molar-refractivity contribution in [1.82, 2.24) is 14.8 Å². The average Bonchev–Trinajstić information content (AvgIpc) is 2.40. The fraction of sp³-hybridized carbons (Fsp3) is 0.600. The van der Waals surface area contributed by atoms with Crippen LogP contribution in [0, 0.1) is 0 Å². The Labute approximate surface area is 63.5 Å². The van der Waals surface area contributed by atoms with E-state index in [2.05, 4.69) is 10.1 Å². The first-order valence-corrected chi connectivity index (χ1v) is 3.43. The van der Waals surface area contributed by atoms with E-state index in [0.717, 1.165) is 0 Å². The Kier molecular flexibility index (Phi) is 2.65. The molecule has 1 rings (SSSR count). The first-order chi connectivity index (χ1) is 4.83. The van der Waals surface area contributed by atoms with Gasteiger partial charge >= 0.3 is 0 Å². The van der Waals surface area contributed by atoms with Crippen LogP contribution >= 0.6 is 11.6 Å². The summed E-state index contributed by atoms with van der Waals surface area (Å²) in [7, 11) is 0. The van der Waals surface area contributed by atoms with Crippen LogP contribution in [0.25, 0.3) is 0 Å². The lowest BCUT2D eigenvalue weighted by molar-refractivity contribution is 0.171. The molecule has 0 aliphatic rings. The molecule has 1 aromatic heterocycles. The number of rotatable bonds is 3. The van der Waals surface area contributed by atoms with Crippen molar-refractivity contribution in [2.75, 3.05) is 5.88 Å². The van der Waals surface area contributed by atoms with Gasteiger partial charge in [0.2, 0.25) is 0 Å². The van der Waals surface area contributed by atoms with Crippen LogP contribution in [0.4, 0.5) is 0 Å². The summed E-state index contributed by atoms with van der Waals surface area (Å²) < 4.78 is 1.53. The van der Waals surface area contributed by atoms with Gasteiger partial charge in [-0.05, 0) is 0 Å². The molecule has 0 radical (unpaired) electrons. The van der Waals surface area contributed by atoms with Crippen molar-refractivity contribution in [3.8, 4) is 0 Å². The van der Waals surface area contributed by atoms with Gasteiger partial charge in [0.05, 0.1) is 18.5 Å². The molecule has 1 atom stereocenters. The second-order valence-corrected chi connectivity index (χ2v) is 2.23. The Morgan fingerprint density at radius 3 is 3.00 bits per heavy atom. The molecule has 0 fully saturated rings. The SMILES string of the molecule is OC(CCl)Cn1cncn1.